The van der Waals surface area contributed by atoms with Gasteiger partial charge in [-0.15, -0.1) is 0 Å². The molecule has 1 heterocycles. The number of carboxylic acids is 1. The highest BCUT2D eigenvalue weighted by atomic mass is 16.4. The lowest BCUT2D eigenvalue weighted by Crippen LogP contribution is -2.45. The van der Waals surface area contributed by atoms with Gasteiger partial charge in [0.05, 0.1) is 12.0 Å². The number of hydrogen-bond donors (Lipinski definition) is 3. The molecule has 1 amide bonds. The van der Waals surface area contributed by atoms with Crippen molar-refractivity contribution in [1.29, 1.82) is 0 Å². The summed E-state index contributed by atoms with van der Waals surface area (Å²) < 4.78 is 0. The molecule has 1 aromatic heterocycles. The lowest BCUT2D eigenvalue weighted by Gasteiger charge is -2.30. The molecule has 6 heteroatoms. The molecule has 0 fully saturated rings. The van der Waals surface area contributed by atoms with Crippen LogP contribution in [0.3, 0.4) is 0 Å². The number of pyridine rings is 1. The summed E-state index contributed by atoms with van der Waals surface area (Å²) in [6.45, 7) is 5.56. The molecule has 1 atom stereocenters. The molecule has 1 aromatic rings. The molecule has 6 nitrogen and oxygen atoms in total. The van der Waals surface area contributed by atoms with Crippen molar-refractivity contribution in [2.45, 2.75) is 33.2 Å². The number of nitrogens with one attached hydrogen (secondary N) is 2. The van der Waals surface area contributed by atoms with Gasteiger partial charge in [0.15, 0.2) is 0 Å². The minimum absolute atomic E-state index is 0.154. The molecule has 0 aromatic carbocycles. The van der Waals surface area contributed by atoms with Crippen LogP contribution >= 0.6 is 0 Å². The van der Waals surface area contributed by atoms with Gasteiger partial charge in [0.2, 0.25) is 5.56 Å². The Balaban J connectivity index is 2.84. The summed E-state index contributed by atoms with van der Waals surface area (Å²) in [5, 5.41) is 11.6. The number of aliphatic carboxylic acids is 1. The van der Waals surface area contributed by atoms with Crippen molar-refractivity contribution >= 4 is 11.9 Å². The number of amides is 1. The average molecular weight is 266 g/mol. The van der Waals surface area contributed by atoms with E-state index in [1.54, 1.807) is 0 Å². The van der Waals surface area contributed by atoms with Crippen LogP contribution in [0.25, 0.3) is 0 Å². The second-order valence-electron chi connectivity index (χ2n) is 5.43. The normalized spacial score (nSPS) is 12.8. The fourth-order valence-corrected chi connectivity index (χ4v) is 1.54. The van der Waals surface area contributed by atoms with Crippen LogP contribution < -0.4 is 10.9 Å². The van der Waals surface area contributed by atoms with E-state index in [-0.39, 0.29) is 17.4 Å². The Hall–Kier alpha value is -2.11. The highest BCUT2D eigenvalue weighted by Crippen LogP contribution is 2.22. The van der Waals surface area contributed by atoms with Gasteiger partial charge in [-0.2, -0.15) is 0 Å². The maximum absolute atomic E-state index is 12.0. The maximum atomic E-state index is 12.0. The molecule has 0 bridgehead atoms. The van der Waals surface area contributed by atoms with E-state index in [1.165, 1.54) is 18.3 Å². The maximum Gasteiger partial charge on any atom is 0.305 e. The molecule has 0 aliphatic rings. The van der Waals surface area contributed by atoms with Crippen molar-refractivity contribution in [1.82, 2.24) is 10.3 Å². The van der Waals surface area contributed by atoms with E-state index in [2.05, 4.69) is 10.3 Å². The first-order valence-electron chi connectivity index (χ1n) is 5.91. The zero-order valence-corrected chi connectivity index (χ0v) is 11.2. The van der Waals surface area contributed by atoms with Gasteiger partial charge in [-0.25, -0.2) is 0 Å². The van der Waals surface area contributed by atoms with E-state index >= 15 is 0 Å². The number of hydrogen-bond acceptors (Lipinski definition) is 3. The van der Waals surface area contributed by atoms with E-state index in [9.17, 15) is 14.4 Å². The van der Waals surface area contributed by atoms with Crippen LogP contribution in [0.4, 0.5) is 0 Å². The zero-order chi connectivity index (χ0) is 14.6. The highest BCUT2D eigenvalue weighted by Gasteiger charge is 2.28. The van der Waals surface area contributed by atoms with Gasteiger partial charge in [0.1, 0.15) is 0 Å². The van der Waals surface area contributed by atoms with Crippen molar-refractivity contribution in [3.8, 4) is 0 Å². The number of carbonyl (C=O) groups is 2. The molecule has 0 aliphatic carbocycles. The van der Waals surface area contributed by atoms with Crippen LogP contribution in [0.1, 0.15) is 37.6 Å². The Morgan fingerprint density at radius 2 is 2.00 bits per heavy atom. The first-order valence-corrected chi connectivity index (χ1v) is 5.91. The number of aromatic amines is 1. The first kappa shape index (κ1) is 14.9. The van der Waals surface area contributed by atoms with E-state index in [0.29, 0.717) is 5.56 Å². The van der Waals surface area contributed by atoms with Crippen molar-refractivity contribution in [2.75, 3.05) is 0 Å². The summed E-state index contributed by atoms with van der Waals surface area (Å²) in [5.74, 6) is -1.38. The van der Waals surface area contributed by atoms with Gasteiger partial charge in [-0.1, -0.05) is 20.8 Å². The monoisotopic (exact) mass is 266 g/mol. The summed E-state index contributed by atoms with van der Waals surface area (Å²) >= 11 is 0. The van der Waals surface area contributed by atoms with Crippen LogP contribution in [0.5, 0.6) is 0 Å². The molecule has 3 N–H and O–H groups in total. The predicted octanol–water partition coefficient (Wildman–Crippen LogP) is 0.994. The Morgan fingerprint density at radius 1 is 1.37 bits per heavy atom. The molecule has 1 rings (SSSR count). The van der Waals surface area contributed by atoms with Crippen LogP contribution in [-0.2, 0) is 4.79 Å². The third-order valence-corrected chi connectivity index (χ3v) is 2.78. The third kappa shape index (κ3) is 4.57. The van der Waals surface area contributed by atoms with E-state index in [0.717, 1.165) is 0 Å². The zero-order valence-electron chi connectivity index (χ0n) is 11.2. The van der Waals surface area contributed by atoms with Crippen molar-refractivity contribution in [3.63, 3.8) is 0 Å². The third-order valence-electron chi connectivity index (χ3n) is 2.78. The minimum Gasteiger partial charge on any atom is -0.481 e. The van der Waals surface area contributed by atoms with Crippen molar-refractivity contribution in [2.24, 2.45) is 5.41 Å². The molecule has 0 saturated heterocycles. The molecule has 0 radical (unpaired) electrons. The predicted molar refractivity (Wildman–Crippen MR) is 70.0 cm³/mol. The summed E-state index contributed by atoms with van der Waals surface area (Å²) in [7, 11) is 0. The van der Waals surface area contributed by atoms with Crippen molar-refractivity contribution < 1.29 is 14.7 Å². The number of H-pyrrole nitrogens is 1. The van der Waals surface area contributed by atoms with E-state index in [4.69, 9.17) is 5.11 Å². The quantitative estimate of drug-likeness (QED) is 0.756. The molecule has 0 saturated carbocycles. The van der Waals surface area contributed by atoms with Crippen molar-refractivity contribution in [3.05, 3.63) is 34.2 Å². The number of rotatable bonds is 4. The number of carbonyl (C=O) groups excluding carboxylic acids is 1. The number of carboxylic acid groups (broad SMARTS) is 1. The summed E-state index contributed by atoms with van der Waals surface area (Å²) in [6, 6.07) is 2.15. The smallest absolute Gasteiger partial charge is 0.305 e. The largest absolute Gasteiger partial charge is 0.481 e. The summed E-state index contributed by atoms with van der Waals surface area (Å²) in [4.78, 5) is 36.1. The molecule has 104 valence electrons. The summed E-state index contributed by atoms with van der Waals surface area (Å²) in [5.41, 5.74) is -0.385. The van der Waals surface area contributed by atoms with E-state index in [1.807, 2.05) is 20.8 Å². The second kappa shape index (κ2) is 5.69. The molecule has 19 heavy (non-hydrogen) atoms. The van der Waals surface area contributed by atoms with Gasteiger partial charge < -0.3 is 15.4 Å². The SMILES string of the molecule is CC(C)(C)C(CC(=O)O)NC(=O)c1ccc(=O)[nH]c1. The van der Waals surface area contributed by atoms with Crippen LogP contribution in [0.15, 0.2) is 23.1 Å². The standard InChI is InChI=1S/C13H18N2O4/c1-13(2,3)9(6-11(17)18)15-12(19)8-4-5-10(16)14-7-8/h4-5,7,9H,6H2,1-3H3,(H,14,16)(H,15,19)(H,17,18). The van der Waals surface area contributed by atoms with Crippen LogP contribution in [0, 0.1) is 5.41 Å². The Bertz CT molecular complexity index is 508. The fourth-order valence-electron chi connectivity index (χ4n) is 1.54. The first-order chi connectivity index (χ1) is 8.70. The molecular formula is C13H18N2O4. The van der Waals surface area contributed by atoms with Gasteiger partial charge in [-0.05, 0) is 11.5 Å². The van der Waals surface area contributed by atoms with Gasteiger partial charge in [0.25, 0.3) is 5.91 Å². The Morgan fingerprint density at radius 3 is 2.42 bits per heavy atom. The second-order valence-corrected chi connectivity index (χ2v) is 5.43. The average Bonchev–Trinajstić information content (AvgIpc) is 2.27. The molecule has 0 spiro atoms. The van der Waals surface area contributed by atoms with Crippen LogP contribution in [0.2, 0.25) is 0 Å². The van der Waals surface area contributed by atoms with Gasteiger partial charge in [0, 0.05) is 18.3 Å². The molecule has 1 unspecified atom stereocenters. The topological polar surface area (TPSA) is 99.3 Å². The minimum atomic E-state index is -0.971. The highest BCUT2D eigenvalue weighted by molar-refractivity contribution is 5.94. The Kier molecular flexibility index (Phi) is 4.47. The van der Waals surface area contributed by atoms with Gasteiger partial charge >= 0.3 is 5.97 Å². The molecule has 0 aliphatic heterocycles. The lowest BCUT2D eigenvalue weighted by atomic mass is 9.84. The number of aromatic nitrogens is 1. The lowest BCUT2D eigenvalue weighted by molar-refractivity contribution is -0.138. The summed E-state index contributed by atoms with van der Waals surface area (Å²) in [6.07, 6.45) is 1.15. The van der Waals surface area contributed by atoms with Crippen LogP contribution in [-0.4, -0.2) is 28.0 Å². The Labute approximate surface area is 110 Å². The molecular weight excluding hydrogens is 248 g/mol. The van der Waals surface area contributed by atoms with E-state index < -0.39 is 17.9 Å². The van der Waals surface area contributed by atoms with Gasteiger partial charge in [-0.3, -0.25) is 14.4 Å². The fraction of sp³-hybridized carbons (Fsp3) is 0.462.